The molecule has 8 heteroatoms. The highest BCUT2D eigenvalue weighted by atomic mass is 19.1. The van der Waals surface area contributed by atoms with Gasteiger partial charge in [-0.3, -0.25) is 9.78 Å². The fourth-order valence-corrected chi connectivity index (χ4v) is 2.87. The molecule has 1 amide bonds. The van der Waals surface area contributed by atoms with Crippen molar-refractivity contribution in [3.63, 3.8) is 0 Å². The van der Waals surface area contributed by atoms with Gasteiger partial charge in [0.2, 0.25) is 5.95 Å². The number of nitrogens with zero attached hydrogens (tertiary/aromatic N) is 2. The summed E-state index contributed by atoms with van der Waals surface area (Å²) in [6, 6.07) is 13.2. The van der Waals surface area contributed by atoms with E-state index in [1.165, 1.54) is 18.3 Å². The second kappa shape index (κ2) is 7.59. The number of pyridine rings is 1. The summed E-state index contributed by atoms with van der Waals surface area (Å²) < 4.78 is 19.1. The SMILES string of the molecule is CNC(=O)c1cc(Oc2ccc3nc(Nc4ccc(F)cc4C)[nH]c3c2)ccn1. The van der Waals surface area contributed by atoms with E-state index in [9.17, 15) is 9.18 Å². The highest BCUT2D eigenvalue weighted by molar-refractivity contribution is 5.92. The Labute approximate surface area is 166 Å². The lowest BCUT2D eigenvalue weighted by molar-refractivity contribution is 0.0958. The number of hydrogen-bond acceptors (Lipinski definition) is 5. The zero-order chi connectivity index (χ0) is 20.4. The number of benzene rings is 2. The molecule has 29 heavy (non-hydrogen) atoms. The van der Waals surface area contributed by atoms with Gasteiger partial charge in [-0.25, -0.2) is 9.37 Å². The van der Waals surface area contributed by atoms with Crippen LogP contribution in [0.5, 0.6) is 11.5 Å². The quantitative estimate of drug-likeness (QED) is 0.472. The highest BCUT2D eigenvalue weighted by Gasteiger charge is 2.09. The molecule has 4 aromatic rings. The van der Waals surface area contributed by atoms with Crippen LogP contribution in [0.2, 0.25) is 0 Å². The standard InChI is InChI=1S/C21H18FN5O2/c1-12-9-13(22)3-5-16(12)25-21-26-17-6-4-14(10-18(17)27-21)29-15-7-8-24-19(11-15)20(28)23-2/h3-11H,1-2H3,(H,23,28)(H2,25,26,27). The Balaban J connectivity index is 1.56. The molecule has 0 fully saturated rings. The first-order valence-corrected chi connectivity index (χ1v) is 8.91. The van der Waals surface area contributed by atoms with Crippen molar-refractivity contribution in [3.8, 4) is 11.5 Å². The summed E-state index contributed by atoms with van der Waals surface area (Å²) in [6.45, 7) is 1.82. The summed E-state index contributed by atoms with van der Waals surface area (Å²) in [5.74, 6) is 1.05. The van der Waals surface area contributed by atoms with E-state index in [0.29, 0.717) is 17.4 Å². The largest absolute Gasteiger partial charge is 0.457 e. The predicted molar refractivity (Wildman–Crippen MR) is 108 cm³/mol. The first kappa shape index (κ1) is 18.4. The summed E-state index contributed by atoms with van der Waals surface area (Å²) >= 11 is 0. The summed E-state index contributed by atoms with van der Waals surface area (Å²) in [6.07, 6.45) is 1.52. The van der Waals surface area contributed by atoms with E-state index in [1.54, 1.807) is 31.3 Å². The van der Waals surface area contributed by atoms with Crippen LogP contribution in [-0.2, 0) is 0 Å². The normalized spacial score (nSPS) is 10.7. The van der Waals surface area contributed by atoms with Crippen LogP contribution in [0.25, 0.3) is 11.0 Å². The first-order chi connectivity index (χ1) is 14.0. The van der Waals surface area contributed by atoms with Crippen LogP contribution >= 0.6 is 0 Å². The van der Waals surface area contributed by atoms with Crippen molar-refractivity contribution in [2.75, 3.05) is 12.4 Å². The number of aryl methyl sites for hydroxylation is 1. The number of aromatic nitrogens is 3. The third-order valence-corrected chi connectivity index (χ3v) is 4.32. The molecule has 2 aromatic carbocycles. The van der Waals surface area contributed by atoms with Gasteiger partial charge in [0.05, 0.1) is 11.0 Å². The van der Waals surface area contributed by atoms with E-state index in [2.05, 4.69) is 25.6 Å². The van der Waals surface area contributed by atoms with Gasteiger partial charge in [0.25, 0.3) is 5.91 Å². The van der Waals surface area contributed by atoms with Gasteiger partial charge in [0.15, 0.2) is 0 Å². The number of nitrogens with one attached hydrogen (secondary N) is 3. The maximum Gasteiger partial charge on any atom is 0.269 e. The Hall–Kier alpha value is -3.94. The van der Waals surface area contributed by atoms with E-state index >= 15 is 0 Å². The maximum atomic E-state index is 13.3. The number of anilines is 2. The second-order valence-corrected chi connectivity index (χ2v) is 6.41. The fourth-order valence-electron chi connectivity index (χ4n) is 2.87. The number of ether oxygens (including phenoxy) is 1. The molecule has 2 heterocycles. The zero-order valence-electron chi connectivity index (χ0n) is 15.8. The van der Waals surface area contributed by atoms with E-state index in [4.69, 9.17) is 4.74 Å². The summed E-state index contributed by atoms with van der Waals surface area (Å²) in [7, 11) is 1.54. The lowest BCUT2D eigenvalue weighted by Gasteiger charge is -2.07. The van der Waals surface area contributed by atoms with Gasteiger partial charge in [-0.2, -0.15) is 0 Å². The van der Waals surface area contributed by atoms with Gasteiger partial charge in [-0.05, 0) is 48.9 Å². The zero-order valence-corrected chi connectivity index (χ0v) is 15.8. The Kier molecular flexibility index (Phi) is 4.82. The number of fused-ring (bicyclic) bond motifs is 1. The highest BCUT2D eigenvalue weighted by Crippen LogP contribution is 2.27. The third kappa shape index (κ3) is 4.01. The van der Waals surface area contributed by atoms with Crippen LogP contribution in [-0.4, -0.2) is 27.9 Å². The molecule has 0 bridgehead atoms. The molecule has 3 N–H and O–H groups in total. The topological polar surface area (TPSA) is 91.9 Å². The van der Waals surface area contributed by atoms with Crippen LogP contribution in [0.1, 0.15) is 16.1 Å². The van der Waals surface area contributed by atoms with Crippen LogP contribution < -0.4 is 15.4 Å². The van der Waals surface area contributed by atoms with Crippen LogP contribution in [0.3, 0.4) is 0 Å². The number of amides is 1. The third-order valence-electron chi connectivity index (χ3n) is 4.32. The predicted octanol–water partition coefficient (Wildman–Crippen LogP) is 4.30. The molecule has 0 unspecified atom stereocenters. The molecular weight excluding hydrogens is 373 g/mol. The molecule has 4 rings (SSSR count). The lowest BCUT2D eigenvalue weighted by Crippen LogP contribution is -2.18. The summed E-state index contributed by atoms with van der Waals surface area (Å²) in [4.78, 5) is 23.4. The number of rotatable bonds is 5. The number of H-pyrrole nitrogens is 1. The number of carbonyl (C=O) groups excluding carboxylic acids is 1. The van der Waals surface area contributed by atoms with Crippen molar-refractivity contribution in [1.82, 2.24) is 20.3 Å². The fraction of sp³-hybridized carbons (Fsp3) is 0.0952. The summed E-state index contributed by atoms with van der Waals surface area (Å²) in [5.41, 5.74) is 3.33. The lowest BCUT2D eigenvalue weighted by atomic mass is 10.2. The Morgan fingerprint density at radius 2 is 1.93 bits per heavy atom. The molecule has 0 radical (unpaired) electrons. The smallest absolute Gasteiger partial charge is 0.269 e. The molecule has 0 aliphatic rings. The van der Waals surface area contributed by atoms with E-state index in [0.717, 1.165) is 22.3 Å². The number of halogens is 1. The van der Waals surface area contributed by atoms with E-state index in [-0.39, 0.29) is 17.4 Å². The Bertz CT molecular complexity index is 1200. The molecule has 7 nitrogen and oxygen atoms in total. The second-order valence-electron chi connectivity index (χ2n) is 6.41. The van der Waals surface area contributed by atoms with Gasteiger partial charge >= 0.3 is 0 Å². The number of hydrogen-bond donors (Lipinski definition) is 3. The van der Waals surface area contributed by atoms with Crippen molar-refractivity contribution in [2.45, 2.75) is 6.92 Å². The molecule has 0 spiro atoms. The molecule has 0 aliphatic heterocycles. The average molecular weight is 391 g/mol. The number of imidazole rings is 1. The van der Waals surface area contributed by atoms with E-state index < -0.39 is 0 Å². The maximum absolute atomic E-state index is 13.3. The van der Waals surface area contributed by atoms with E-state index in [1.807, 2.05) is 19.1 Å². The van der Waals surface area contributed by atoms with Crippen LogP contribution in [0.15, 0.2) is 54.7 Å². The van der Waals surface area contributed by atoms with Crippen molar-refractivity contribution in [2.24, 2.45) is 0 Å². The molecule has 0 aliphatic carbocycles. The van der Waals surface area contributed by atoms with Gasteiger partial charge < -0.3 is 20.4 Å². The van der Waals surface area contributed by atoms with Crippen molar-refractivity contribution in [1.29, 1.82) is 0 Å². The minimum atomic E-state index is -0.286. The summed E-state index contributed by atoms with van der Waals surface area (Å²) in [5, 5.41) is 5.69. The van der Waals surface area contributed by atoms with Gasteiger partial charge in [-0.15, -0.1) is 0 Å². The minimum absolute atomic E-state index is 0.272. The molecular formula is C21H18FN5O2. The minimum Gasteiger partial charge on any atom is -0.457 e. The molecule has 0 atom stereocenters. The van der Waals surface area contributed by atoms with Crippen molar-refractivity contribution in [3.05, 3.63) is 71.8 Å². The van der Waals surface area contributed by atoms with Crippen molar-refractivity contribution < 1.29 is 13.9 Å². The average Bonchev–Trinajstić information content (AvgIpc) is 3.11. The molecule has 0 saturated carbocycles. The number of aromatic amines is 1. The molecule has 146 valence electrons. The van der Waals surface area contributed by atoms with Gasteiger partial charge in [0, 0.05) is 31.1 Å². The molecule has 2 aromatic heterocycles. The van der Waals surface area contributed by atoms with Gasteiger partial charge in [0.1, 0.15) is 23.0 Å². The van der Waals surface area contributed by atoms with Gasteiger partial charge in [-0.1, -0.05) is 0 Å². The van der Waals surface area contributed by atoms with Crippen LogP contribution in [0, 0.1) is 12.7 Å². The first-order valence-electron chi connectivity index (χ1n) is 8.91. The van der Waals surface area contributed by atoms with Crippen LogP contribution in [0.4, 0.5) is 16.0 Å². The monoisotopic (exact) mass is 391 g/mol. The number of carbonyl (C=O) groups is 1. The molecule has 0 saturated heterocycles. The Morgan fingerprint density at radius 1 is 1.10 bits per heavy atom. The Morgan fingerprint density at radius 3 is 2.72 bits per heavy atom. The van der Waals surface area contributed by atoms with Crippen molar-refractivity contribution >= 4 is 28.6 Å².